The van der Waals surface area contributed by atoms with E-state index in [9.17, 15) is 4.39 Å². The number of likely N-dealkylation sites (tertiary alicyclic amines) is 1. The van der Waals surface area contributed by atoms with Crippen molar-refractivity contribution in [2.45, 2.75) is 45.4 Å². The lowest BCUT2D eigenvalue weighted by Crippen LogP contribution is -2.52. The third-order valence-corrected chi connectivity index (χ3v) is 2.62. The van der Waals surface area contributed by atoms with Crippen molar-refractivity contribution in [2.24, 2.45) is 0 Å². The van der Waals surface area contributed by atoms with Crippen molar-refractivity contribution in [3.63, 3.8) is 0 Å². The van der Waals surface area contributed by atoms with Crippen molar-refractivity contribution >= 4 is 0 Å². The molecule has 0 spiro atoms. The third-order valence-electron chi connectivity index (χ3n) is 2.62. The first-order valence-electron chi connectivity index (χ1n) is 5.26. The van der Waals surface area contributed by atoms with Gasteiger partial charge in [-0.25, -0.2) is 4.39 Å². The molecule has 2 atom stereocenters. The van der Waals surface area contributed by atoms with E-state index in [0.717, 1.165) is 19.5 Å². The van der Waals surface area contributed by atoms with Crippen LogP contribution in [0, 0.1) is 0 Å². The summed E-state index contributed by atoms with van der Waals surface area (Å²) in [6.07, 6.45) is 0.240. The summed E-state index contributed by atoms with van der Waals surface area (Å²) in [7, 11) is 0. The summed E-state index contributed by atoms with van der Waals surface area (Å²) in [5.41, 5.74) is 0. The first kappa shape index (κ1) is 10.9. The Bertz CT molecular complexity index is 150. The van der Waals surface area contributed by atoms with E-state index < -0.39 is 6.17 Å². The zero-order valence-electron chi connectivity index (χ0n) is 8.89. The molecule has 0 aliphatic carbocycles. The van der Waals surface area contributed by atoms with Crippen LogP contribution in [0.25, 0.3) is 0 Å². The van der Waals surface area contributed by atoms with Crippen LogP contribution in [0.15, 0.2) is 0 Å². The van der Waals surface area contributed by atoms with Crippen molar-refractivity contribution in [1.82, 2.24) is 10.2 Å². The van der Waals surface area contributed by atoms with Crippen molar-refractivity contribution < 1.29 is 4.39 Å². The Hall–Kier alpha value is -0.150. The van der Waals surface area contributed by atoms with E-state index in [-0.39, 0.29) is 6.04 Å². The molecule has 1 heterocycles. The van der Waals surface area contributed by atoms with Crippen molar-refractivity contribution in [3.8, 4) is 0 Å². The minimum atomic E-state index is -0.698. The molecule has 0 radical (unpaired) electrons. The summed E-state index contributed by atoms with van der Waals surface area (Å²) >= 11 is 0. The monoisotopic (exact) mass is 188 g/mol. The van der Waals surface area contributed by atoms with Gasteiger partial charge in [-0.3, -0.25) is 0 Å². The van der Waals surface area contributed by atoms with Gasteiger partial charge in [0.05, 0.1) is 0 Å². The number of nitrogens with one attached hydrogen (secondary N) is 1. The second kappa shape index (κ2) is 4.91. The van der Waals surface area contributed by atoms with Gasteiger partial charge >= 0.3 is 0 Å². The highest BCUT2D eigenvalue weighted by atomic mass is 19.1. The van der Waals surface area contributed by atoms with Crippen LogP contribution >= 0.6 is 0 Å². The predicted molar refractivity (Wildman–Crippen MR) is 53.7 cm³/mol. The lowest BCUT2D eigenvalue weighted by atomic mass is 10.0. The van der Waals surface area contributed by atoms with Gasteiger partial charge < -0.3 is 10.2 Å². The van der Waals surface area contributed by atoms with Crippen molar-refractivity contribution in [3.05, 3.63) is 0 Å². The topological polar surface area (TPSA) is 15.3 Å². The van der Waals surface area contributed by atoms with E-state index in [2.05, 4.69) is 31.0 Å². The predicted octanol–water partition coefficient (Wildman–Crippen LogP) is 1.42. The standard InChI is InChI=1S/C10H21FN2/c1-4-13-6-5-10(9(11)7-13)12-8(2)3/h8-10,12H,4-7H2,1-3H3. The number of alkyl halides is 1. The summed E-state index contributed by atoms with van der Waals surface area (Å²) in [5.74, 6) is 0. The summed E-state index contributed by atoms with van der Waals surface area (Å²) in [6.45, 7) is 8.82. The molecule has 1 aliphatic heterocycles. The van der Waals surface area contributed by atoms with Crippen molar-refractivity contribution in [2.75, 3.05) is 19.6 Å². The van der Waals surface area contributed by atoms with Gasteiger partial charge in [0, 0.05) is 18.6 Å². The molecular weight excluding hydrogens is 167 g/mol. The molecule has 0 aromatic rings. The van der Waals surface area contributed by atoms with Crippen LogP contribution in [0.3, 0.4) is 0 Å². The van der Waals surface area contributed by atoms with Crippen LogP contribution in [0.1, 0.15) is 27.2 Å². The molecule has 0 aromatic heterocycles. The second-order valence-electron chi connectivity index (χ2n) is 4.13. The fourth-order valence-corrected chi connectivity index (χ4v) is 1.87. The molecule has 1 saturated heterocycles. The number of halogens is 1. The number of hydrogen-bond acceptors (Lipinski definition) is 2. The molecule has 0 aromatic carbocycles. The Balaban J connectivity index is 2.35. The average molecular weight is 188 g/mol. The van der Waals surface area contributed by atoms with E-state index in [1.165, 1.54) is 0 Å². The lowest BCUT2D eigenvalue weighted by Gasteiger charge is -2.35. The van der Waals surface area contributed by atoms with Gasteiger partial charge in [-0.05, 0) is 19.5 Å². The molecule has 2 unspecified atom stereocenters. The van der Waals surface area contributed by atoms with Crippen molar-refractivity contribution in [1.29, 1.82) is 0 Å². The molecule has 1 rings (SSSR count). The fraction of sp³-hybridized carbons (Fsp3) is 1.00. The minimum absolute atomic E-state index is 0.0720. The Morgan fingerprint density at radius 3 is 2.69 bits per heavy atom. The smallest absolute Gasteiger partial charge is 0.128 e. The molecule has 0 saturated carbocycles. The summed E-state index contributed by atoms with van der Waals surface area (Å²) < 4.78 is 13.5. The van der Waals surface area contributed by atoms with Gasteiger partial charge in [0.2, 0.25) is 0 Å². The Morgan fingerprint density at radius 2 is 2.23 bits per heavy atom. The summed E-state index contributed by atoms with van der Waals surface area (Å²) in [6, 6.07) is 0.458. The van der Waals surface area contributed by atoms with E-state index in [0.29, 0.717) is 12.6 Å². The van der Waals surface area contributed by atoms with Crippen LogP contribution in [-0.2, 0) is 0 Å². The zero-order valence-corrected chi connectivity index (χ0v) is 8.89. The maximum absolute atomic E-state index is 13.5. The van der Waals surface area contributed by atoms with E-state index in [1.807, 2.05) is 0 Å². The second-order valence-corrected chi connectivity index (χ2v) is 4.13. The summed E-state index contributed by atoms with van der Waals surface area (Å²) in [4.78, 5) is 2.17. The van der Waals surface area contributed by atoms with E-state index in [4.69, 9.17) is 0 Å². The van der Waals surface area contributed by atoms with Crippen LogP contribution in [0.5, 0.6) is 0 Å². The normalized spacial score (nSPS) is 31.2. The number of rotatable bonds is 3. The first-order chi connectivity index (χ1) is 6.13. The van der Waals surface area contributed by atoms with Gasteiger partial charge in [-0.15, -0.1) is 0 Å². The Kier molecular flexibility index (Phi) is 4.13. The molecule has 0 amide bonds. The van der Waals surface area contributed by atoms with Crippen LogP contribution in [0.2, 0.25) is 0 Å². The van der Waals surface area contributed by atoms with E-state index in [1.54, 1.807) is 0 Å². The highest BCUT2D eigenvalue weighted by Gasteiger charge is 2.28. The lowest BCUT2D eigenvalue weighted by molar-refractivity contribution is 0.104. The largest absolute Gasteiger partial charge is 0.309 e. The maximum atomic E-state index is 13.5. The molecule has 2 nitrogen and oxygen atoms in total. The number of hydrogen-bond donors (Lipinski definition) is 1. The maximum Gasteiger partial charge on any atom is 0.128 e. The summed E-state index contributed by atoms with van der Waals surface area (Å²) in [5, 5.41) is 3.27. The highest BCUT2D eigenvalue weighted by molar-refractivity contribution is 4.85. The van der Waals surface area contributed by atoms with Crippen LogP contribution in [0.4, 0.5) is 4.39 Å². The van der Waals surface area contributed by atoms with Gasteiger partial charge in [0.15, 0.2) is 0 Å². The molecule has 13 heavy (non-hydrogen) atoms. The quantitative estimate of drug-likeness (QED) is 0.720. The van der Waals surface area contributed by atoms with Gasteiger partial charge in [-0.2, -0.15) is 0 Å². The molecule has 3 heteroatoms. The zero-order chi connectivity index (χ0) is 9.84. The average Bonchev–Trinajstić information content (AvgIpc) is 2.08. The third kappa shape index (κ3) is 3.24. The molecule has 1 aliphatic rings. The highest BCUT2D eigenvalue weighted by Crippen LogP contribution is 2.14. The molecular formula is C10H21FN2. The van der Waals surface area contributed by atoms with Crippen LogP contribution < -0.4 is 5.32 Å². The molecule has 0 bridgehead atoms. The minimum Gasteiger partial charge on any atom is -0.309 e. The van der Waals surface area contributed by atoms with Gasteiger partial charge in [0.25, 0.3) is 0 Å². The van der Waals surface area contributed by atoms with E-state index >= 15 is 0 Å². The molecule has 78 valence electrons. The molecule has 1 fully saturated rings. The number of piperidine rings is 1. The van der Waals surface area contributed by atoms with Crippen LogP contribution in [-0.4, -0.2) is 42.8 Å². The van der Waals surface area contributed by atoms with Gasteiger partial charge in [0.1, 0.15) is 6.17 Å². The fourth-order valence-electron chi connectivity index (χ4n) is 1.87. The Morgan fingerprint density at radius 1 is 1.54 bits per heavy atom. The Labute approximate surface area is 80.5 Å². The van der Waals surface area contributed by atoms with Gasteiger partial charge in [-0.1, -0.05) is 20.8 Å². The number of nitrogens with zero attached hydrogens (tertiary/aromatic N) is 1. The first-order valence-corrected chi connectivity index (χ1v) is 5.26. The SMILES string of the molecule is CCN1CCC(NC(C)C)C(F)C1. The molecule has 1 N–H and O–H groups in total.